The maximum Gasteiger partial charge on any atom is 0.00162 e. The highest BCUT2D eigenvalue weighted by Crippen LogP contribution is 2.16. The Morgan fingerprint density at radius 1 is 1.12 bits per heavy atom. The summed E-state index contributed by atoms with van der Waals surface area (Å²) in [5.74, 6) is 0.473. The molecule has 0 aromatic heterocycles. The molecular weight excluding hydrogens is 194 g/mol. The van der Waals surface area contributed by atoms with Crippen molar-refractivity contribution in [3.63, 3.8) is 0 Å². The zero-order valence-corrected chi connectivity index (χ0v) is 12.1. The van der Waals surface area contributed by atoms with E-state index >= 15 is 0 Å². The molecule has 0 radical (unpaired) electrons. The minimum absolute atomic E-state index is 0.244. The summed E-state index contributed by atoms with van der Waals surface area (Å²) in [6.07, 6.45) is 6.63. The fourth-order valence-corrected chi connectivity index (χ4v) is 1.26. The van der Waals surface area contributed by atoms with Crippen LogP contribution in [-0.4, -0.2) is 6.04 Å². The van der Waals surface area contributed by atoms with Gasteiger partial charge in [-0.3, -0.25) is 0 Å². The van der Waals surface area contributed by atoms with Gasteiger partial charge in [0.2, 0.25) is 0 Å². The third-order valence-corrected chi connectivity index (χ3v) is 1.84. The highest BCUT2D eigenvalue weighted by molar-refractivity contribution is 5.23. The van der Waals surface area contributed by atoms with Gasteiger partial charge < -0.3 is 5.73 Å². The summed E-state index contributed by atoms with van der Waals surface area (Å²) in [5.41, 5.74) is 6.91. The fourth-order valence-electron chi connectivity index (χ4n) is 1.26. The first-order valence-corrected chi connectivity index (χ1v) is 6.32. The molecule has 1 nitrogen and oxygen atoms in total. The Labute approximate surface area is 103 Å². The van der Waals surface area contributed by atoms with Crippen molar-refractivity contribution in [2.24, 2.45) is 11.7 Å². The van der Waals surface area contributed by atoms with Gasteiger partial charge in [-0.1, -0.05) is 66.0 Å². The molecule has 0 saturated heterocycles. The number of hydrogen-bond acceptors (Lipinski definition) is 1. The van der Waals surface area contributed by atoms with Crippen LogP contribution in [0.5, 0.6) is 0 Å². The van der Waals surface area contributed by atoms with E-state index in [4.69, 9.17) is 5.73 Å². The van der Waals surface area contributed by atoms with E-state index in [0.717, 1.165) is 6.42 Å². The lowest BCUT2D eigenvalue weighted by molar-refractivity contribution is 0.548. The van der Waals surface area contributed by atoms with E-state index in [1.165, 1.54) is 5.57 Å². The maximum absolute atomic E-state index is 5.69. The molecule has 0 fully saturated rings. The van der Waals surface area contributed by atoms with Gasteiger partial charge in [0.25, 0.3) is 0 Å². The first-order chi connectivity index (χ1) is 7.61. The van der Waals surface area contributed by atoms with Crippen LogP contribution in [0.3, 0.4) is 0 Å². The third-order valence-electron chi connectivity index (χ3n) is 1.84. The zero-order chi connectivity index (χ0) is 13.6. The zero-order valence-electron chi connectivity index (χ0n) is 12.1. The molecule has 0 aromatic carbocycles. The van der Waals surface area contributed by atoms with Crippen LogP contribution in [0.4, 0.5) is 0 Å². The van der Waals surface area contributed by atoms with Gasteiger partial charge in [-0.2, -0.15) is 0 Å². The topological polar surface area (TPSA) is 26.0 Å². The van der Waals surface area contributed by atoms with E-state index in [1.807, 2.05) is 46.8 Å². The number of hydrogen-bond donors (Lipinski definition) is 1. The smallest absolute Gasteiger partial charge is 0.00162 e. The molecule has 16 heavy (non-hydrogen) atoms. The van der Waals surface area contributed by atoms with Crippen molar-refractivity contribution < 1.29 is 0 Å². The minimum atomic E-state index is 0.244. The van der Waals surface area contributed by atoms with Crippen molar-refractivity contribution in [1.29, 1.82) is 0 Å². The molecule has 0 amide bonds. The first kappa shape index (κ1) is 20.6. The monoisotopic (exact) mass is 225 g/mol. The van der Waals surface area contributed by atoms with Crippen molar-refractivity contribution in [2.45, 2.75) is 54.0 Å². The van der Waals surface area contributed by atoms with Gasteiger partial charge in [0.15, 0.2) is 0 Å². The molecule has 1 heteroatoms. The Bertz CT molecular complexity index is 178. The number of allylic oxidation sites excluding steroid dienone is 4. The van der Waals surface area contributed by atoms with Crippen LogP contribution >= 0.6 is 0 Å². The third kappa shape index (κ3) is 13.2. The molecule has 0 spiro atoms. The second-order valence-corrected chi connectivity index (χ2v) is 3.22. The van der Waals surface area contributed by atoms with Crippen LogP contribution in [0.2, 0.25) is 0 Å². The molecule has 0 saturated carbocycles. The van der Waals surface area contributed by atoms with Crippen LogP contribution < -0.4 is 5.73 Å². The largest absolute Gasteiger partial charge is 0.328 e. The summed E-state index contributed by atoms with van der Waals surface area (Å²) < 4.78 is 0. The van der Waals surface area contributed by atoms with Gasteiger partial charge >= 0.3 is 0 Å². The number of nitrogens with two attached hydrogens (primary N) is 1. The lowest BCUT2D eigenvalue weighted by Gasteiger charge is -2.14. The summed E-state index contributed by atoms with van der Waals surface area (Å²) in [7, 11) is 0. The van der Waals surface area contributed by atoms with Crippen LogP contribution in [0.25, 0.3) is 0 Å². The lowest BCUT2D eigenvalue weighted by atomic mass is 9.94. The molecule has 0 aliphatic heterocycles. The Hall–Kier alpha value is -0.820. The summed E-state index contributed by atoms with van der Waals surface area (Å²) >= 11 is 0. The van der Waals surface area contributed by atoms with E-state index < -0.39 is 0 Å². The van der Waals surface area contributed by atoms with E-state index in [1.54, 1.807) is 6.08 Å². The molecule has 2 N–H and O–H groups in total. The Morgan fingerprint density at radius 2 is 1.56 bits per heavy atom. The molecule has 96 valence electrons. The van der Waals surface area contributed by atoms with Crippen molar-refractivity contribution in [2.75, 3.05) is 0 Å². The average molecular weight is 225 g/mol. The first-order valence-electron chi connectivity index (χ1n) is 6.32. The molecular formula is C15H31N. The van der Waals surface area contributed by atoms with E-state index in [9.17, 15) is 0 Å². The van der Waals surface area contributed by atoms with E-state index in [-0.39, 0.29) is 6.04 Å². The molecule has 0 heterocycles. The highest BCUT2D eigenvalue weighted by atomic mass is 14.6. The molecule has 0 rings (SSSR count). The second-order valence-electron chi connectivity index (χ2n) is 3.22. The normalized spacial score (nSPS) is 13.3. The minimum Gasteiger partial charge on any atom is -0.328 e. The molecule has 0 aliphatic carbocycles. The second kappa shape index (κ2) is 16.6. The maximum atomic E-state index is 5.69. The van der Waals surface area contributed by atoms with Gasteiger partial charge in [-0.05, 0) is 24.8 Å². The van der Waals surface area contributed by atoms with Crippen molar-refractivity contribution >= 4 is 0 Å². The van der Waals surface area contributed by atoms with Crippen LogP contribution in [0.15, 0.2) is 37.0 Å². The number of rotatable bonds is 5. The molecule has 2 atom stereocenters. The summed E-state index contributed by atoms with van der Waals surface area (Å²) in [6, 6.07) is 0.244. The van der Waals surface area contributed by atoms with Gasteiger partial charge in [-0.15, -0.1) is 0 Å². The van der Waals surface area contributed by atoms with Crippen LogP contribution in [0.1, 0.15) is 48.0 Å². The Morgan fingerprint density at radius 3 is 1.81 bits per heavy atom. The average Bonchev–Trinajstić information content (AvgIpc) is 2.30. The highest BCUT2D eigenvalue weighted by Gasteiger charge is 2.06. The Balaban J connectivity index is -0.000000376. The predicted molar refractivity (Wildman–Crippen MR) is 78.6 cm³/mol. The quantitative estimate of drug-likeness (QED) is 0.674. The van der Waals surface area contributed by atoms with Crippen molar-refractivity contribution in [3.05, 3.63) is 37.0 Å². The van der Waals surface area contributed by atoms with Gasteiger partial charge in [-0.25, -0.2) is 0 Å². The molecule has 2 unspecified atom stereocenters. The SMILES string of the molecule is C=C/C=C(\C=C)C(C)CC(C)N.CC.CC. The van der Waals surface area contributed by atoms with Crippen molar-refractivity contribution in [3.8, 4) is 0 Å². The fraction of sp³-hybridized carbons (Fsp3) is 0.600. The van der Waals surface area contributed by atoms with Gasteiger partial charge in [0.1, 0.15) is 0 Å². The Kier molecular flexibility index (Phi) is 21.4. The van der Waals surface area contributed by atoms with Gasteiger partial charge in [0.05, 0.1) is 0 Å². The molecule has 0 bridgehead atoms. The van der Waals surface area contributed by atoms with Crippen molar-refractivity contribution in [1.82, 2.24) is 0 Å². The summed E-state index contributed by atoms with van der Waals surface area (Å²) in [4.78, 5) is 0. The van der Waals surface area contributed by atoms with Crippen LogP contribution in [0, 0.1) is 5.92 Å². The summed E-state index contributed by atoms with van der Waals surface area (Å²) in [5, 5.41) is 0. The molecule has 0 aliphatic rings. The van der Waals surface area contributed by atoms with E-state index in [2.05, 4.69) is 20.1 Å². The summed E-state index contributed by atoms with van der Waals surface area (Å²) in [6.45, 7) is 19.6. The predicted octanol–water partition coefficient (Wildman–Crippen LogP) is 4.71. The standard InChI is InChI=1S/C11H19N.2C2H6/c1-5-7-11(6-2)9(3)8-10(4)12;2*1-2/h5-7,9-10H,1-2,8,12H2,3-4H3;2*1-2H3/b11-7+;;. The van der Waals surface area contributed by atoms with Gasteiger partial charge in [0, 0.05) is 6.04 Å². The van der Waals surface area contributed by atoms with E-state index in [0.29, 0.717) is 5.92 Å². The molecule has 0 aromatic rings. The lowest BCUT2D eigenvalue weighted by Crippen LogP contribution is -2.18. The van der Waals surface area contributed by atoms with Crippen LogP contribution in [-0.2, 0) is 0 Å².